The molecule has 0 bridgehead atoms. The van der Waals surface area contributed by atoms with Gasteiger partial charge >= 0.3 is 0 Å². The van der Waals surface area contributed by atoms with E-state index in [1.54, 1.807) is 20.8 Å². The van der Waals surface area contributed by atoms with E-state index in [2.05, 4.69) is 4.90 Å². The lowest BCUT2D eigenvalue weighted by Crippen LogP contribution is -2.34. The van der Waals surface area contributed by atoms with Crippen LogP contribution in [0.25, 0.3) is 0 Å². The molecule has 0 aromatic carbocycles. The van der Waals surface area contributed by atoms with E-state index in [0.29, 0.717) is 78.5 Å². The average molecular weight is 359 g/mol. The molecule has 0 spiro atoms. The summed E-state index contributed by atoms with van der Waals surface area (Å²) in [7, 11) is 0. The van der Waals surface area contributed by atoms with E-state index in [1.165, 1.54) is 0 Å². The van der Waals surface area contributed by atoms with Gasteiger partial charge in [-0.15, -0.1) is 0 Å². The quantitative estimate of drug-likeness (QED) is 0.341. The number of rotatable bonds is 18. The Hall–Kier alpha value is -1.15. The minimum atomic E-state index is 0.120. The average Bonchev–Trinajstić information content (AvgIpc) is 2.52. The maximum absolute atomic E-state index is 10.9. The maximum Gasteiger partial charge on any atom is 0.132 e. The number of ketones is 3. The second-order valence-corrected chi connectivity index (χ2v) is 6.03. The predicted octanol–water partition coefficient (Wildman–Crippen LogP) is 1.28. The molecule has 0 aromatic rings. The van der Waals surface area contributed by atoms with Crippen LogP contribution in [-0.4, -0.2) is 81.5 Å². The van der Waals surface area contributed by atoms with E-state index in [4.69, 9.17) is 14.2 Å². The first kappa shape index (κ1) is 23.9. The third-order valence-electron chi connectivity index (χ3n) is 3.45. The molecule has 0 heterocycles. The zero-order valence-corrected chi connectivity index (χ0v) is 15.9. The molecule has 7 heteroatoms. The first-order chi connectivity index (χ1) is 11.9. The van der Waals surface area contributed by atoms with Crippen molar-refractivity contribution >= 4 is 17.3 Å². The standard InChI is InChI=1S/C18H33NO6/c1-16(20)4-10-23-13-7-19(8-14-24-11-5-17(2)21)9-15-25-12-6-18(3)22/h4-15H2,1-3H3. The van der Waals surface area contributed by atoms with Gasteiger partial charge in [-0.3, -0.25) is 19.3 Å². The lowest BCUT2D eigenvalue weighted by molar-refractivity contribution is -0.118. The Morgan fingerprint density at radius 2 is 0.840 bits per heavy atom. The molecule has 0 aliphatic carbocycles. The zero-order chi connectivity index (χ0) is 18.9. The Morgan fingerprint density at radius 1 is 0.560 bits per heavy atom. The minimum Gasteiger partial charge on any atom is -0.380 e. The number of hydrogen-bond acceptors (Lipinski definition) is 7. The number of carbonyl (C=O) groups excluding carboxylic acids is 3. The van der Waals surface area contributed by atoms with Crippen molar-refractivity contribution in [3.05, 3.63) is 0 Å². The summed E-state index contributed by atoms with van der Waals surface area (Å²) >= 11 is 0. The van der Waals surface area contributed by atoms with Crippen molar-refractivity contribution in [3.8, 4) is 0 Å². The van der Waals surface area contributed by atoms with Gasteiger partial charge in [0.15, 0.2) is 0 Å². The second-order valence-electron chi connectivity index (χ2n) is 6.03. The molecule has 0 saturated heterocycles. The number of Topliss-reactive ketones (excluding diaryl/α,β-unsaturated/α-hetero) is 3. The molecule has 0 radical (unpaired) electrons. The van der Waals surface area contributed by atoms with Crippen molar-refractivity contribution in [1.82, 2.24) is 4.90 Å². The van der Waals surface area contributed by atoms with Crippen LogP contribution in [0.15, 0.2) is 0 Å². The van der Waals surface area contributed by atoms with E-state index in [9.17, 15) is 14.4 Å². The molecule has 0 amide bonds. The molecular weight excluding hydrogens is 326 g/mol. The molecule has 146 valence electrons. The van der Waals surface area contributed by atoms with Crippen LogP contribution in [0, 0.1) is 0 Å². The van der Waals surface area contributed by atoms with E-state index in [-0.39, 0.29) is 17.3 Å². The second kappa shape index (κ2) is 16.3. The molecule has 0 aromatic heterocycles. The van der Waals surface area contributed by atoms with Crippen LogP contribution in [0.3, 0.4) is 0 Å². The Kier molecular flexibility index (Phi) is 15.6. The van der Waals surface area contributed by atoms with Gasteiger partial charge in [-0.05, 0) is 20.8 Å². The molecule has 25 heavy (non-hydrogen) atoms. The first-order valence-electron chi connectivity index (χ1n) is 8.85. The molecule has 0 saturated carbocycles. The fourth-order valence-corrected chi connectivity index (χ4v) is 1.87. The number of carbonyl (C=O) groups is 3. The van der Waals surface area contributed by atoms with Gasteiger partial charge in [0.05, 0.1) is 39.6 Å². The van der Waals surface area contributed by atoms with E-state index >= 15 is 0 Å². The molecular formula is C18H33NO6. The fraction of sp³-hybridized carbons (Fsp3) is 0.833. The highest BCUT2D eigenvalue weighted by Crippen LogP contribution is 1.94. The summed E-state index contributed by atoms with van der Waals surface area (Å²) in [4.78, 5) is 34.8. The lowest BCUT2D eigenvalue weighted by atomic mass is 10.3. The maximum atomic E-state index is 10.9. The third kappa shape index (κ3) is 19.0. The SMILES string of the molecule is CC(=O)CCOCCN(CCOCCC(C)=O)CCOCCC(C)=O. The van der Waals surface area contributed by atoms with Crippen LogP contribution in [-0.2, 0) is 28.6 Å². The Bertz CT molecular complexity index is 329. The van der Waals surface area contributed by atoms with Crippen LogP contribution < -0.4 is 0 Å². The lowest BCUT2D eigenvalue weighted by Gasteiger charge is -2.22. The molecule has 7 nitrogen and oxygen atoms in total. The minimum absolute atomic E-state index is 0.120. The van der Waals surface area contributed by atoms with Gasteiger partial charge in [-0.2, -0.15) is 0 Å². The molecule has 0 aliphatic rings. The van der Waals surface area contributed by atoms with Gasteiger partial charge in [0.25, 0.3) is 0 Å². The summed E-state index contributed by atoms with van der Waals surface area (Å²) in [5.41, 5.74) is 0. The zero-order valence-electron chi connectivity index (χ0n) is 15.9. The highest BCUT2D eigenvalue weighted by atomic mass is 16.5. The van der Waals surface area contributed by atoms with Gasteiger partial charge in [0.1, 0.15) is 17.3 Å². The van der Waals surface area contributed by atoms with Crippen molar-refractivity contribution in [2.24, 2.45) is 0 Å². The molecule has 0 atom stereocenters. The van der Waals surface area contributed by atoms with Crippen molar-refractivity contribution in [2.75, 3.05) is 59.3 Å². The summed E-state index contributed by atoms with van der Waals surface area (Å²) in [6.45, 7) is 9.70. The van der Waals surface area contributed by atoms with Crippen molar-refractivity contribution in [3.63, 3.8) is 0 Å². The first-order valence-corrected chi connectivity index (χ1v) is 8.85. The smallest absolute Gasteiger partial charge is 0.132 e. The van der Waals surface area contributed by atoms with E-state index in [1.807, 2.05) is 0 Å². The van der Waals surface area contributed by atoms with Gasteiger partial charge in [-0.1, -0.05) is 0 Å². The topological polar surface area (TPSA) is 82.1 Å². The summed E-state index contributed by atoms with van der Waals surface area (Å²) < 4.78 is 16.4. The molecule has 0 fully saturated rings. The van der Waals surface area contributed by atoms with Crippen molar-refractivity contribution in [1.29, 1.82) is 0 Å². The van der Waals surface area contributed by atoms with Crippen LogP contribution in [0.5, 0.6) is 0 Å². The third-order valence-corrected chi connectivity index (χ3v) is 3.45. The van der Waals surface area contributed by atoms with Crippen LogP contribution >= 0.6 is 0 Å². The summed E-state index contributed by atoms with van der Waals surface area (Å²) in [5.74, 6) is 0.360. The van der Waals surface area contributed by atoms with Gasteiger partial charge in [0, 0.05) is 38.9 Å². The predicted molar refractivity (Wildman–Crippen MR) is 94.8 cm³/mol. The van der Waals surface area contributed by atoms with Crippen LogP contribution in [0.2, 0.25) is 0 Å². The number of nitrogens with zero attached hydrogens (tertiary/aromatic N) is 1. The largest absolute Gasteiger partial charge is 0.380 e. The van der Waals surface area contributed by atoms with E-state index in [0.717, 1.165) is 0 Å². The molecule has 0 unspecified atom stereocenters. The van der Waals surface area contributed by atoms with Crippen molar-refractivity contribution in [2.45, 2.75) is 40.0 Å². The monoisotopic (exact) mass is 359 g/mol. The summed E-state index contributed by atoms with van der Waals surface area (Å²) in [5, 5.41) is 0. The highest BCUT2D eigenvalue weighted by molar-refractivity contribution is 5.76. The molecule has 0 rings (SSSR count). The van der Waals surface area contributed by atoms with Gasteiger partial charge < -0.3 is 14.2 Å². The van der Waals surface area contributed by atoms with Gasteiger partial charge in [-0.25, -0.2) is 0 Å². The fourth-order valence-electron chi connectivity index (χ4n) is 1.87. The molecule has 0 N–H and O–H groups in total. The summed E-state index contributed by atoms with van der Waals surface area (Å²) in [6.07, 6.45) is 1.30. The van der Waals surface area contributed by atoms with Crippen LogP contribution in [0.4, 0.5) is 0 Å². The van der Waals surface area contributed by atoms with E-state index < -0.39 is 0 Å². The highest BCUT2D eigenvalue weighted by Gasteiger charge is 2.06. The Morgan fingerprint density at radius 3 is 1.08 bits per heavy atom. The summed E-state index contributed by atoms with van der Waals surface area (Å²) in [6, 6.07) is 0. The van der Waals surface area contributed by atoms with Crippen LogP contribution in [0.1, 0.15) is 40.0 Å². The number of hydrogen-bond donors (Lipinski definition) is 0. The Labute approximate surface area is 151 Å². The normalized spacial score (nSPS) is 11.0. The Balaban J connectivity index is 3.92. The van der Waals surface area contributed by atoms with Crippen molar-refractivity contribution < 1.29 is 28.6 Å². The number of ether oxygens (including phenoxy) is 3. The van der Waals surface area contributed by atoms with Gasteiger partial charge in [0.2, 0.25) is 0 Å². The molecule has 0 aliphatic heterocycles.